The first-order valence-electron chi connectivity index (χ1n) is 11.6. The third-order valence-corrected chi connectivity index (χ3v) is 10.6. The molecule has 0 N–H and O–H groups in total. The zero-order chi connectivity index (χ0) is 22.4. The predicted octanol–water partition coefficient (Wildman–Crippen LogP) is 1.59. The molecule has 0 unspecified atom stereocenters. The first-order valence-corrected chi connectivity index (χ1v) is 14.6. The molecule has 0 fully saturated rings. The Labute approximate surface area is 241 Å². The molecule has 0 bridgehead atoms. The Bertz CT molecular complexity index is 1460. The van der Waals surface area contributed by atoms with E-state index in [9.17, 15) is 0 Å². The van der Waals surface area contributed by atoms with E-state index >= 15 is 0 Å². The summed E-state index contributed by atoms with van der Waals surface area (Å²) in [5, 5.41) is 8.55. The summed E-state index contributed by atoms with van der Waals surface area (Å²) < 4.78 is 0. The first-order chi connectivity index (χ1) is 16.1. The molecule has 0 aromatic heterocycles. The summed E-state index contributed by atoms with van der Waals surface area (Å²) in [5.41, 5.74) is 5.39. The minimum Gasteiger partial charge on any atom is -1.00 e. The second kappa shape index (κ2) is 11.3. The van der Waals surface area contributed by atoms with Crippen molar-refractivity contribution in [2.75, 3.05) is 0 Å². The predicted molar refractivity (Wildman–Crippen MR) is 147 cm³/mol. The van der Waals surface area contributed by atoms with E-state index in [0.717, 1.165) is 0 Å². The number of halogens is 2. The van der Waals surface area contributed by atoms with Crippen molar-refractivity contribution in [3.8, 4) is 22.3 Å². The molecule has 0 spiro atoms. The smallest absolute Gasteiger partial charge is 1.00 e. The molecule has 4 heteroatoms. The Morgan fingerprint density at radius 2 is 0.806 bits per heavy atom. The summed E-state index contributed by atoms with van der Waals surface area (Å²) in [4.78, 5) is 0. The van der Waals surface area contributed by atoms with Crippen LogP contribution in [0, 0.1) is 0 Å². The van der Waals surface area contributed by atoms with E-state index in [4.69, 9.17) is 0 Å². The summed E-state index contributed by atoms with van der Waals surface area (Å²) >= 11 is 0. The normalized spacial score (nSPS) is 10.9. The van der Waals surface area contributed by atoms with Gasteiger partial charge in [0.1, 0.15) is 0 Å². The number of rotatable bonds is 4. The van der Waals surface area contributed by atoms with Gasteiger partial charge in [0.2, 0.25) is 0 Å². The van der Waals surface area contributed by atoms with Crippen LogP contribution in [0.3, 0.4) is 0 Å². The molecule has 0 aliphatic heterocycles. The van der Waals surface area contributed by atoms with Gasteiger partial charge in [-0.1, -0.05) is 121 Å². The van der Waals surface area contributed by atoms with Crippen LogP contribution in [0.4, 0.5) is 0 Å². The van der Waals surface area contributed by atoms with Crippen LogP contribution < -0.4 is 35.2 Å². The Balaban J connectivity index is 0.00000120. The van der Waals surface area contributed by atoms with Crippen molar-refractivity contribution in [2.24, 2.45) is 0 Å². The van der Waals surface area contributed by atoms with Crippen molar-refractivity contribution < 1.29 is 46.5 Å². The van der Waals surface area contributed by atoms with Gasteiger partial charge in [-0.15, -0.1) is 67.3 Å². The molecule has 6 aromatic carbocycles. The van der Waals surface area contributed by atoms with Crippen LogP contribution in [-0.4, -0.2) is 8.07 Å². The molecule has 0 amide bonds. The fourth-order valence-corrected chi connectivity index (χ4v) is 9.44. The average molecular weight is 557 g/mol. The number of benzene rings is 4. The molecule has 176 valence electrons. The molecule has 0 heterocycles. The van der Waals surface area contributed by atoms with Crippen molar-refractivity contribution in [1.82, 2.24) is 0 Å². The van der Waals surface area contributed by atoms with Gasteiger partial charge in [0.05, 0.1) is 0 Å². The van der Waals surface area contributed by atoms with Crippen molar-refractivity contribution in [3.63, 3.8) is 0 Å². The fraction of sp³-hybridized carbons (Fsp3) is 0.0625. The monoisotopic (exact) mass is 556 g/mol. The van der Waals surface area contributed by atoms with Crippen LogP contribution in [0.15, 0.2) is 121 Å². The van der Waals surface area contributed by atoms with E-state index in [1.807, 2.05) is 0 Å². The van der Waals surface area contributed by atoms with Gasteiger partial charge in [0.15, 0.2) is 0 Å². The summed E-state index contributed by atoms with van der Waals surface area (Å²) in [5.74, 6) is 0. The Morgan fingerprint density at radius 3 is 1.19 bits per heavy atom. The summed E-state index contributed by atoms with van der Waals surface area (Å²) in [7, 11) is -2.13. The second-order valence-electron chi connectivity index (χ2n) is 9.40. The second-order valence-corrected chi connectivity index (χ2v) is 13.6. The topological polar surface area (TPSA) is 0 Å². The first kappa shape index (κ1) is 28.2. The molecule has 36 heavy (non-hydrogen) atoms. The molecular formula is C32H26Cl2SiTi. The maximum Gasteiger partial charge on any atom is 4.00 e. The number of hydrogen-bond donors (Lipinski definition) is 0. The van der Waals surface area contributed by atoms with Crippen LogP contribution in [0.1, 0.15) is 0 Å². The van der Waals surface area contributed by atoms with E-state index in [2.05, 4.69) is 134 Å². The van der Waals surface area contributed by atoms with Gasteiger partial charge < -0.3 is 24.8 Å². The zero-order valence-electron chi connectivity index (χ0n) is 20.3. The third-order valence-electron chi connectivity index (χ3n) is 7.02. The zero-order valence-corrected chi connectivity index (χ0v) is 24.4. The number of hydrogen-bond acceptors (Lipinski definition) is 0. The maximum atomic E-state index is 2.54. The van der Waals surface area contributed by atoms with Crippen LogP contribution >= 0.6 is 0 Å². The SMILES string of the molecule is C[Si](C)(c1c(-c2ccccc2)[cH-]c2ccccc12)c1c(-c2ccccc2)[cH-]c2ccccc12.[Cl-].[Cl-].[Ti+4]. The molecule has 0 aliphatic carbocycles. The van der Waals surface area contributed by atoms with Gasteiger partial charge in [-0.25, -0.2) is 0 Å². The van der Waals surface area contributed by atoms with Gasteiger partial charge in [-0.3, -0.25) is 0 Å². The van der Waals surface area contributed by atoms with Gasteiger partial charge in [0.25, 0.3) is 0 Å². The molecule has 6 aromatic rings. The Kier molecular flexibility index (Phi) is 8.88. The minimum atomic E-state index is -2.13. The number of fused-ring (bicyclic) bond motifs is 2. The van der Waals surface area contributed by atoms with Gasteiger partial charge in [-0.05, 0) is 0 Å². The van der Waals surface area contributed by atoms with Crippen molar-refractivity contribution >= 4 is 40.0 Å². The molecule has 0 saturated heterocycles. The third kappa shape index (κ3) is 4.67. The molecule has 0 nitrogen and oxygen atoms in total. The summed E-state index contributed by atoms with van der Waals surface area (Å²) in [6.07, 6.45) is 0. The van der Waals surface area contributed by atoms with Crippen molar-refractivity contribution in [3.05, 3.63) is 121 Å². The van der Waals surface area contributed by atoms with E-state index in [1.54, 1.807) is 0 Å². The summed E-state index contributed by atoms with van der Waals surface area (Å²) in [6.45, 7) is 5.07. The Hall–Kier alpha value is -2.39. The maximum absolute atomic E-state index is 2.54. The Morgan fingerprint density at radius 1 is 0.472 bits per heavy atom. The van der Waals surface area contributed by atoms with Crippen LogP contribution in [0.2, 0.25) is 13.1 Å². The van der Waals surface area contributed by atoms with Crippen LogP contribution in [0.25, 0.3) is 43.8 Å². The quantitative estimate of drug-likeness (QED) is 0.228. The molecular weight excluding hydrogens is 531 g/mol. The van der Waals surface area contributed by atoms with Crippen LogP contribution in [-0.2, 0) is 21.7 Å². The van der Waals surface area contributed by atoms with Crippen LogP contribution in [0.5, 0.6) is 0 Å². The fourth-order valence-electron chi connectivity index (χ4n) is 5.61. The van der Waals surface area contributed by atoms with Crippen molar-refractivity contribution in [2.45, 2.75) is 13.1 Å². The average Bonchev–Trinajstić information content (AvgIpc) is 3.45. The van der Waals surface area contributed by atoms with E-state index in [0.29, 0.717) is 0 Å². The summed E-state index contributed by atoms with van der Waals surface area (Å²) in [6, 6.07) is 44.5. The van der Waals surface area contributed by atoms with Gasteiger partial charge in [0, 0.05) is 8.07 Å². The molecule has 0 saturated carbocycles. The standard InChI is InChI=1S/C32H26Si.2ClH.Ti/c1-33(2,31-27-19-11-9-17-25(27)21-29(31)23-13-5-3-6-14-23)32-28-20-12-10-18-26(28)22-30(32)24-15-7-4-8-16-24;;;/h3-22H,1-2H3;2*1H;/q-2;;;+4/p-2. The van der Waals surface area contributed by atoms with Crippen molar-refractivity contribution in [1.29, 1.82) is 0 Å². The van der Waals surface area contributed by atoms with E-state index in [1.165, 1.54) is 54.2 Å². The van der Waals surface area contributed by atoms with E-state index in [-0.39, 0.29) is 46.5 Å². The van der Waals surface area contributed by atoms with Gasteiger partial charge in [-0.2, -0.15) is 0 Å². The molecule has 0 aliphatic rings. The minimum absolute atomic E-state index is 0. The molecule has 0 atom stereocenters. The van der Waals surface area contributed by atoms with E-state index < -0.39 is 8.07 Å². The molecule has 6 rings (SSSR count). The molecule has 0 radical (unpaired) electrons. The largest absolute Gasteiger partial charge is 4.00 e. The van der Waals surface area contributed by atoms with Gasteiger partial charge >= 0.3 is 21.7 Å².